The largest absolute Gasteiger partial charge is 0.443 e. The van der Waals surface area contributed by atoms with Crippen molar-refractivity contribution in [1.29, 1.82) is 0 Å². The van der Waals surface area contributed by atoms with Gasteiger partial charge in [0.2, 0.25) is 5.71 Å². The fraction of sp³-hybridized carbons (Fsp3) is 0.353. The van der Waals surface area contributed by atoms with E-state index in [2.05, 4.69) is 35.2 Å². The molecule has 1 aromatic carbocycles. The molecular weight excluding hydrogens is 248 g/mol. The van der Waals surface area contributed by atoms with Gasteiger partial charge in [0.1, 0.15) is 11.6 Å². The average Bonchev–Trinajstić information content (AvgIpc) is 2.88. The van der Waals surface area contributed by atoms with E-state index >= 15 is 0 Å². The lowest BCUT2D eigenvalue weighted by atomic mass is 10.1. The Labute approximate surface area is 118 Å². The van der Waals surface area contributed by atoms with Crippen LogP contribution in [0.5, 0.6) is 0 Å². The summed E-state index contributed by atoms with van der Waals surface area (Å²) in [4.78, 5) is 7.21. The van der Waals surface area contributed by atoms with Crippen molar-refractivity contribution in [2.45, 2.75) is 26.2 Å². The first kappa shape index (κ1) is 11.8. The maximum atomic E-state index is 5.77. The van der Waals surface area contributed by atoms with Gasteiger partial charge in [0, 0.05) is 23.9 Å². The maximum Gasteiger partial charge on any atom is 0.228 e. The van der Waals surface area contributed by atoms with E-state index in [9.17, 15) is 0 Å². The Balaban J connectivity index is 2.01. The number of rotatable bonds is 1. The lowest BCUT2D eigenvalue weighted by Gasteiger charge is -2.28. The molecule has 3 aromatic rings. The van der Waals surface area contributed by atoms with E-state index < -0.39 is 0 Å². The predicted octanol–water partition coefficient (Wildman–Crippen LogP) is 4.28. The Morgan fingerprint density at radius 2 is 1.75 bits per heavy atom. The second-order valence-electron chi connectivity index (χ2n) is 5.60. The number of furan rings is 1. The summed E-state index contributed by atoms with van der Waals surface area (Å²) in [7, 11) is 0. The molecule has 0 aliphatic carbocycles. The number of nitrogens with zero attached hydrogens (tertiary/aromatic N) is 2. The summed E-state index contributed by atoms with van der Waals surface area (Å²) in [6.07, 6.45) is 3.84. The second kappa shape index (κ2) is 4.51. The summed E-state index contributed by atoms with van der Waals surface area (Å²) < 4.78 is 5.77. The van der Waals surface area contributed by atoms with E-state index in [0.29, 0.717) is 0 Å². The monoisotopic (exact) mass is 266 g/mol. The second-order valence-corrected chi connectivity index (χ2v) is 5.60. The number of pyridine rings is 1. The summed E-state index contributed by atoms with van der Waals surface area (Å²) in [6.45, 7) is 4.18. The van der Waals surface area contributed by atoms with E-state index in [-0.39, 0.29) is 0 Å². The van der Waals surface area contributed by atoms with Crippen LogP contribution in [0.15, 0.2) is 34.7 Å². The highest BCUT2D eigenvalue weighted by Gasteiger charge is 2.18. The molecule has 1 fully saturated rings. The van der Waals surface area contributed by atoms with E-state index in [1.54, 1.807) is 0 Å². The van der Waals surface area contributed by atoms with E-state index in [1.807, 2.05) is 6.92 Å². The molecule has 4 rings (SSSR count). The van der Waals surface area contributed by atoms with Gasteiger partial charge in [0.25, 0.3) is 0 Å². The fourth-order valence-electron chi connectivity index (χ4n) is 3.19. The first-order valence-electron chi connectivity index (χ1n) is 7.37. The molecule has 0 bridgehead atoms. The Kier molecular flexibility index (Phi) is 2.66. The minimum atomic E-state index is 0.766. The van der Waals surface area contributed by atoms with Gasteiger partial charge in [0.05, 0.1) is 0 Å². The number of anilines is 1. The quantitative estimate of drug-likeness (QED) is 0.658. The molecule has 3 heterocycles. The van der Waals surface area contributed by atoms with Crippen LogP contribution in [0, 0.1) is 6.92 Å². The van der Waals surface area contributed by atoms with E-state index in [1.165, 1.54) is 30.0 Å². The zero-order valence-corrected chi connectivity index (χ0v) is 11.7. The molecule has 3 heteroatoms. The van der Waals surface area contributed by atoms with Gasteiger partial charge in [-0.25, -0.2) is 0 Å². The van der Waals surface area contributed by atoms with Gasteiger partial charge in [-0.3, -0.25) is 0 Å². The topological polar surface area (TPSA) is 29.3 Å². The number of benzene rings is 1. The van der Waals surface area contributed by atoms with Crippen molar-refractivity contribution < 1.29 is 4.42 Å². The Hall–Kier alpha value is -2.03. The van der Waals surface area contributed by atoms with E-state index in [0.717, 1.165) is 35.8 Å². The van der Waals surface area contributed by atoms with Crippen LogP contribution in [0.1, 0.15) is 25.0 Å². The molecule has 0 atom stereocenters. The summed E-state index contributed by atoms with van der Waals surface area (Å²) in [5, 5.41) is 3.61. The molecular formula is C17H18N2O. The molecule has 0 saturated carbocycles. The van der Waals surface area contributed by atoms with E-state index in [4.69, 9.17) is 9.40 Å². The van der Waals surface area contributed by atoms with Crippen molar-refractivity contribution in [1.82, 2.24) is 4.98 Å². The molecule has 20 heavy (non-hydrogen) atoms. The number of aromatic nitrogens is 1. The minimum Gasteiger partial charge on any atom is -0.443 e. The van der Waals surface area contributed by atoms with Crippen LogP contribution in [-0.2, 0) is 0 Å². The first-order chi connectivity index (χ1) is 9.83. The highest BCUT2D eigenvalue weighted by atomic mass is 16.3. The summed E-state index contributed by atoms with van der Waals surface area (Å²) in [6, 6.07) is 10.6. The Morgan fingerprint density at radius 3 is 2.55 bits per heavy atom. The van der Waals surface area contributed by atoms with Crippen LogP contribution in [0.2, 0.25) is 0 Å². The zero-order valence-electron chi connectivity index (χ0n) is 11.7. The van der Waals surface area contributed by atoms with Gasteiger partial charge >= 0.3 is 0 Å². The van der Waals surface area contributed by atoms with Gasteiger partial charge in [0.15, 0.2) is 0 Å². The fourth-order valence-corrected chi connectivity index (χ4v) is 3.19. The van der Waals surface area contributed by atoms with Crippen LogP contribution in [0.3, 0.4) is 0 Å². The third-order valence-corrected chi connectivity index (χ3v) is 4.16. The predicted molar refractivity (Wildman–Crippen MR) is 82.3 cm³/mol. The average molecular weight is 266 g/mol. The van der Waals surface area contributed by atoms with Crippen molar-refractivity contribution in [2.24, 2.45) is 0 Å². The van der Waals surface area contributed by atoms with Gasteiger partial charge in [-0.1, -0.05) is 24.3 Å². The number of hydrogen-bond donors (Lipinski definition) is 0. The van der Waals surface area contributed by atoms with Crippen molar-refractivity contribution in [3.8, 4) is 0 Å². The highest BCUT2D eigenvalue weighted by molar-refractivity contribution is 6.09. The molecule has 0 unspecified atom stereocenters. The lowest BCUT2D eigenvalue weighted by Crippen LogP contribution is -2.30. The summed E-state index contributed by atoms with van der Waals surface area (Å²) in [5.41, 5.74) is 0.766. The maximum absolute atomic E-state index is 5.77. The number of hydrogen-bond acceptors (Lipinski definition) is 3. The number of piperidine rings is 1. The molecule has 0 amide bonds. The highest BCUT2D eigenvalue weighted by Crippen LogP contribution is 2.33. The third kappa shape index (κ3) is 1.77. The number of fused-ring (bicyclic) bond motifs is 3. The van der Waals surface area contributed by atoms with Crippen molar-refractivity contribution in [2.75, 3.05) is 18.0 Å². The van der Waals surface area contributed by atoms with Crippen molar-refractivity contribution in [3.63, 3.8) is 0 Å². The van der Waals surface area contributed by atoms with Crippen molar-refractivity contribution in [3.05, 3.63) is 36.1 Å². The van der Waals surface area contributed by atoms with Gasteiger partial charge in [-0.05, 0) is 37.6 Å². The van der Waals surface area contributed by atoms with Gasteiger partial charge in [-0.15, -0.1) is 0 Å². The molecule has 0 radical (unpaired) electrons. The van der Waals surface area contributed by atoms with Crippen LogP contribution >= 0.6 is 0 Å². The lowest BCUT2D eigenvalue weighted by molar-refractivity contribution is 0.559. The smallest absolute Gasteiger partial charge is 0.228 e. The summed E-state index contributed by atoms with van der Waals surface area (Å²) >= 11 is 0. The van der Waals surface area contributed by atoms with Gasteiger partial charge in [-0.2, -0.15) is 4.98 Å². The SMILES string of the molecule is Cc1cc2c(nc(N3CCCCC3)c3ccccc32)o1. The molecule has 0 N–H and O–H groups in total. The molecule has 102 valence electrons. The van der Waals surface area contributed by atoms with Crippen LogP contribution < -0.4 is 4.90 Å². The Morgan fingerprint density at radius 1 is 1.00 bits per heavy atom. The molecule has 1 saturated heterocycles. The standard InChI is InChI=1S/C17H18N2O/c1-12-11-15-13-7-3-4-8-14(13)16(18-17(15)20-12)19-9-5-2-6-10-19/h3-4,7-8,11H,2,5-6,9-10H2,1H3. The number of aryl methyl sites for hydroxylation is 1. The minimum absolute atomic E-state index is 0.766. The Bertz CT molecular complexity index is 769. The summed E-state index contributed by atoms with van der Waals surface area (Å²) in [5.74, 6) is 2.01. The molecule has 3 nitrogen and oxygen atoms in total. The third-order valence-electron chi connectivity index (χ3n) is 4.16. The van der Waals surface area contributed by atoms with Crippen LogP contribution in [-0.4, -0.2) is 18.1 Å². The van der Waals surface area contributed by atoms with Gasteiger partial charge < -0.3 is 9.32 Å². The normalized spacial score (nSPS) is 16.1. The van der Waals surface area contributed by atoms with Crippen LogP contribution in [0.4, 0.5) is 5.82 Å². The molecule has 1 aliphatic rings. The molecule has 1 aliphatic heterocycles. The molecule has 0 spiro atoms. The van der Waals surface area contributed by atoms with Crippen LogP contribution in [0.25, 0.3) is 21.9 Å². The first-order valence-corrected chi connectivity index (χ1v) is 7.37. The zero-order chi connectivity index (χ0) is 13.5. The van der Waals surface area contributed by atoms with Crippen molar-refractivity contribution >= 4 is 27.7 Å². The molecule has 2 aromatic heterocycles.